The number of benzene rings is 2. The van der Waals surface area contributed by atoms with Gasteiger partial charge in [-0.15, -0.1) is 11.3 Å². The number of halogens is 2. The lowest BCUT2D eigenvalue weighted by Gasteiger charge is -2.02. The molecule has 4 aromatic rings. The number of hydrogen-bond acceptors (Lipinski definition) is 6. The number of aromatic amines is 1. The Morgan fingerprint density at radius 1 is 1.23 bits per heavy atom. The summed E-state index contributed by atoms with van der Waals surface area (Å²) in [5.74, 6) is -0.930. The maximum absolute atomic E-state index is 12.8. The zero-order valence-corrected chi connectivity index (χ0v) is 16.2. The number of thiazole rings is 1. The maximum Gasteiger partial charge on any atom is 0.295 e. The van der Waals surface area contributed by atoms with Gasteiger partial charge in [-0.2, -0.15) is 0 Å². The van der Waals surface area contributed by atoms with Gasteiger partial charge in [0.05, 0.1) is 21.7 Å². The van der Waals surface area contributed by atoms with Crippen LogP contribution >= 0.6 is 11.3 Å². The topological polar surface area (TPSA) is 114 Å². The second-order valence-electron chi connectivity index (χ2n) is 6.41. The molecule has 4 rings (SSSR count). The summed E-state index contributed by atoms with van der Waals surface area (Å²) < 4.78 is 25.5. The third-order valence-electron chi connectivity index (χ3n) is 4.40. The predicted octanol–water partition coefficient (Wildman–Crippen LogP) is 5.09. The molecule has 0 aliphatic heterocycles. The third-order valence-corrected chi connectivity index (χ3v) is 5.15. The van der Waals surface area contributed by atoms with Crippen molar-refractivity contribution in [2.24, 2.45) is 0 Å². The smallest absolute Gasteiger partial charge is 0.295 e. The molecule has 2 N–H and O–H groups in total. The number of amides is 1. The highest BCUT2D eigenvalue weighted by Crippen LogP contribution is 2.29. The van der Waals surface area contributed by atoms with E-state index in [1.165, 1.54) is 35.6 Å². The van der Waals surface area contributed by atoms with E-state index < -0.39 is 23.1 Å². The summed E-state index contributed by atoms with van der Waals surface area (Å²) in [6, 6.07) is 9.18. The van der Waals surface area contributed by atoms with Crippen molar-refractivity contribution in [2.45, 2.75) is 13.3 Å². The van der Waals surface area contributed by atoms with Gasteiger partial charge in [-0.3, -0.25) is 20.2 Å². The van der Waals surface area contributed by atoms with Crippen LogP contribution in [0.25, 0.3) is 22.3 Å². The molecule has 30 heavy (non-hydrogen) atoms. The van der Waals surface area contributed by atoms with Crippen molar-refractivity contribution in [3.63, 3.8) is 0 Å². The monoisotopic (exact) mass is 429 g/mol. The number of fused-ring (bicyclic) bond motifs is 1. The Bertz CT molecular complexity index is 1280. The Kier molecular flexibility index (Phi) is 4.96. The Morgan fingerprint density at radius 2 is 2.03 bits per heavy atom. The van der Waals surface area contributed by atoms with Gasteiger partial charge in [0, 0.05) is 28.1 Å². The highest BCUT2D eigenvalue weighted by Gasteiger charge is 2.16. The fraction of sp³-hybridized carbons (Fsp3) is 0.105. The van der Waals surface area contributed by atoms with E-state index in [1.807, 2.05) is 0 Å². The van der Waals surface area contributed by atoms with E-state index in [0.29, 0.717) is 33.0 Å². The number of hydrogen-bond donors (Lipinski definition) is 2. The highest BCUT2D eigenvalue weighted by atomic mass is 32.1. The molecule has 11 heteroatoms. The SMILES string of the molecule is Cc1ccc(-c2csc(NC(=O)c3ccc4nc(C(F)F)[nH]c4c3)n2)cc1[N+](=O)[O-]. The normalized spacial score (nSPS) is 11.2. The van der Waals surface area contributed by atoms with Gasteiger partial charge >= 0.3 is 0 Å². The van der Waals surface area contributed by atoms with Crippen LogP contribution in [0.1, 0.15) is 28.2 Å². The molecular formula is C19H13F2N5O3S. The largest absolute Gasteiger partial charge is 0.337 e. The quantitative estimate of drug-likeness (QED) is 0.339. The first-order chi connectivity index (χ1) is 14.3. The first kappa shape index (κ1) is 19.6. The predicted molar refractivity (Wildman–Crippen MR) is 108 cm³/mol. The Labute approximate surface area is 171 Å². The summed E-state index contributed by atoms with van der Waals surface area (Å²) in [5.41, 5.74) is 2.48. The zero-order chi connectivity index (χ0) is 21.4. The molecule has 8 nitrogen and oxygen atoms in total. The molecule has 2 aromatic carbocycles. The second-order valence-corrected chi connectivity index (χ2v) is 7.26. The van der Waals surface area contributed by atoms with Gasteiger partial charge in [0.15, 0.2) is 11.0 Å². The molecule has 0 saturated heterocycles. The standard InChI is InChI=1S/C19H13F2N5O3S/c1-9-2-3-10(7-15(9)26(28)29)14-8-30-19(24-14)25-18(27)11-4-5-12-13(6-11)23-17(22-12)16(20)21/h2-8,16H,1H3,(H,22,23)(H,24,25,27). The Balaban J connectivity index is 1.55. The number of carbonyl (C=O) groups is 1. The minimum absolute atomic E-state index is 0.0119. The molecule has 2 heterocycles. The molecule has 152 valence electrons. The van der Waals surface area contributed by atoms with Crippen LogP contribution in [-0.2, 0) is 0 Å². The van der Waals surface area contributed by atoms with Crippen molar-refractivity contribution in [1.82, 2.24) is 15.0 Å². The van der Waals surface area contributed by atoms with Crippen LogP contribution in [0.15, 0.2) is 41.8 Å². The number of aromatic nitrogens is 3. The van der Waals surface area contributed by atoms with Crippen LogP contribution in [0.5, 0.6) is 0 Å². The van der Waals surface area contributed by atoms with Crippen LogP contribution in [0.4, 0.5) is 19.6 Å². The average Bonchev–Trinajstić information content (AvgIpc) is 3.34. The molecule has 0 atom stereocenters. The van der Waals surface area contributed by atoms with Crippen LogP contribution in [0.3, 0.4) is 0 Å². The summed E-state index contributed by atoms with van der Waals surface area (Å²) in [5, 5.41) is 15.8. The van der Waals surface area contributed by atoms with Crippen molar-refractivity contribution in [2.75, 3.05) is 5.32 Å². The molecular weight excluding hydrogens is 416 g/mol. The van der Waals surface area contributed by atoms with Crippen molar-refractivity contribution in [1.29, 1.82) is 0 Å². The summed E-state index contributed by atoms with van der Waals surface area (Å²) in [7, 11) is 0. The Hall–Kier alpha value is -3.73. The van der Waals surface area contributed by atoms with Gasteiger partial charge in [-0.1, -0.05) is 12.1 Å². The maximum atomic E-state index is 12.8. The molecule has 0 unspecified atom stereocenters. The van der Waals surface area contributed by atoms with Crippen LogP contribution in [0, 0.1) is 17.0 Å². The number of aryl methyl sites for hydroxylation is 1. The van der Waals surface area contributed by atoms with Gasteiger partial charge in [0.25, 0.3) is 18.0 Å². The first-order valence-corrected chi connectivity index (χ1v) is 9.50. The third kappa shape index (κ3) is 3.74. The number of alkyl halides is 2. The van der Waals surface area contributed by atoms with Crippen molar-refractivity contribution >= 4 is 39.1 Å². The molecule has 0 saturated carbocycles. The van der Waals surface area contributed by atoms with E-state index in [9.17, 15) is 23.7 Å². The highest BCUT2D eigenvalue weighted by molar-refractivity contribution is 7.14. The van der Waals surface area contributed by atoms with Crippen LogP contribution in [-0.4, -0.2) is 25.8 Å². The Morgan fingerprint density at radius 3 is 2.77 bits per heavy atom. The minimum Gasteiger partial charge on any atom is -0.337 e. The molecule has 0 bridgehead atoms. The number of rotatable bonds is 5. The van der Waals surface area contributed by atoms with E-state index in [4.69, 9.17) is 0 Å². The fourth-order valence-corrected chi connectivity index (χ4v) is 3.59. The number of carbonyl (C=O) groups excluding carboxylic acids is 1. The van der Waals surface area contributed by atoms with E-state index >= 15 is 0 Å². The fourth-order valence-electron chi connectivity index (χ4n) is 2.87. The van der Waals surface area contributed by atoms with Gasteiger partial charge in [0.2, 0.25) is 0 Å². The lowest BCUT2D eigenvalue weighted by molar-refractivity contribution is -0.385. The summed E-state index contributed by atoms with van der Waals surface area (Å²) in [6.07, 6.45) is -2.74. The van der Waals surface area contributed by atoms with Gasteiger partial charge in [0.1, 0.15) is 0 Å². The number of H-pyrrole nitrogens is 1. The zero-order valence-electron chi connectivity index (χ0n) is 15.3. The molecule has 2 aromatic heterocycles. The number of anilines is 1. The second kappa shape index (κ2) is 7.59. The van der Waals surface area contributed by atoms with E-state index in [0.717, 1.165) is 0 Å². The van der Waals surface area contributed by atoms with Crippen LogP contribution in [0.2, 0.25) is 0 Å². The molecule has 1 amide bonds. The lowest BCUT2D eigenvalue weighted by Crippen LogP contribution is -2.11. The van der Waals surface area contributed by atoms with E-state index in [-0.39, 0.29) is 11.3 Å². The van der Waals surface area contributed by atoms with E-state index in [1.54, 1.807) is 24.4 Å². The first-order valence-electron chi connectivity index (χ1n) is 8.62. The van der Waals surface area contributed by atoms with Gasteiger partial charge in [-0.25, -0.2) is 18.7 Å². The number of imidazole rings is 1. The van der Waals surface area contributed by atoms with Crippen LogP contribution < -0.4 is 5.32 Å². The lowest BCUT2D eigenvalue weighted by atomic mass is 10.1. The average molecular weight is 429 g/mol. The molecule has 0 spiro atoms. The number of nitrogens with one attached hydrogen (secondary N) is 2. The molecule has 0 aliphatic carbocycles. The molecule has 0 fully saturated rings. The number of nitro benzene ring substituents is 1. The number of nitrogens with zero attached hydrogens (tertiary/aromatic N) is 3. The van der Waals surface area contributed by atoms with Crippen molar-refractivity contribution < 1.29 is 18.5 Å². The molecule has 0 aliphatic rings. The molecule has 0 radical (unpaired) electrons. The van der Waals surface area contributed by atoms with Crippen molar-refractivity contribution in [3.05, 3.63) is 68.8 Å². The minimum atomic E-state index is -2.74. The number of nitro groups is 1. The van der Waals surface area contributed by atoms with Gasteiger partial charge < -0.3 is 4.98 Å². The van der Waals surface area contributed by atoms with E-state index in [2.05, 4.69) is 20.3 Å². The van der Waals surface area contributed by atoms with Crippen molar-refractivity contribution in [3.8, 4) is 11.3 Å². The van der Waals surface area contributed by atoms with Gasteiger partial charge in [-0.05, 0) is 25.1 Å². The summed E-state index contributed by atoms with van der Waals surface area (Å²) >= 11 is 1.17. The summed E-state index contributed by atoms with van der Waals surface area (Å²) in [6.45, 7) is 1.65. The summed E-state index contributed by atoms with van der Waals surface area (Å²) in [4.78, 5) is 33.7.